The summed E-state index contributed by atoms with van der Waals surface area (Å²) in [5.74, 6) is 0.804. The van der Waals surface area contributed by atoms with Crippen molar-refractivity contribution >= 4 is 5.91 Å². The molecule has 0 unspecified atom stereocenters. The lowest BCUT2D eigenvalue weighted by atomic mass is 10.1. The van der Waals surface area contributed by atoms with Crippen molar-refractivity contribution in [3.63, 3.8) is 0 Å². The number of carbonyl (C=O) groups excluding carboxylic acids is 1. The van der Waals surface area contributed by atoms with Gasteiger partial charge in [0.05, 0.1) is 13.2 Å². The van der Waals surface area contributed by atoms with Crippen LogP contribution < -0.4 is 10.1 Å². The molecule has 1 aromatic carbocycles. The first-order valence-corrected chi connectivity index (χ1v) is 5.94. The summed E-state index contributed by atoms with van der Waals surface area (Å²) in [5, 5.41) is 11.1. The molecular formula is C14H18N2O2. The molecule has 1 N–H and O–H groups in total. The first kappa shape index (κ1) is 14.0. The van der Waals surface area contributed by atoms with E-state index < -0.39 is 0 Å². The van der Waals surface area contributed by atoms with Gasteiger partial charge in [0.25, 0.3) is 0 Å². The molecule has 1 rings (SSSR count). The molecular weight excluding hydrogens is 228 g/mol. The number of carbonyl (C=O) groups is 1. The minimum atomic E-state index is -0.0678. The average molecular weight is 246 g/mol. The van der Waals surface area contributed by atoms with Crippen LogP contribution in [0.5, 0.6) is 5.75 Å². The smallest absolute Gasteiger partial charge is 0.221 e. The molecule has 96 valence electrons. The van der Waals surface area contributed by atoms with Crippen molar-refractivity contribution in [3.05, 3.63) is 29.3 Å². The van der Waals surface area contributed by atoms with Crippen LogP contribution in [0.2, 0.25) is 0 Å². The van der Waals surface area contributed by atoms with Crippen LogP contribution in [0.1, 0.15) is 24.0 Å². The van der Waals surface area contributed by atoms with Gasteiger partial charge in [-0.1, -0.05) is 12.1 Å². The van der Waals surface area contributed by atoms with Crippen LogP contribution in [0.25, 0.3) is 0 Å². The molecule has 0 bridgehead atoms. The molecule has 0 saturated heterocycles. The summed E-state index contributed by atoms with van der Waals surface area (Å²) in [4.78, 5) is 11.3. The molecule has 1 amide bonds. The largest absolute Gasteiger partial charge is 0.496 e. The van der Waals surface area contributed by atoms with Crippen molar-refractivity contribution in [2.24, 2.45) is 0 Å². The van der Waals surface area contributed by atoms with Crippen LogP contribution in [0.4, 0.5) is 0 Å². The van der Waals surface area contributed by atoms with Crippen molar-refractivity contribution < 1.29 is 9.53 Å². The number of nitriles is 1. The molecule has 18 heavy (non-hydrogen) atoms. The summed E-state index contributed by atoms with van der Waals surface area (Å²) < 4.78 is 5.19. The zero-order valence-electron chi connectivity index (χ0n) is 10.8. The van der Waals surface area contributed by atoms with Crippen LogP contribution in [0, 0.1) is 18.3 Å². The Morgan fingerprint density at radius 2 is 2.28 bits per heavy atom. The molecule has 1 aromatic rings. The summed E-state index contributed by atoms with van der Waals surface area (Å²) in [5.41, 5.74) is 2.25. The lowest BCUT2D eigenvalue weighted by Crippen LogP contribution is -2.25. The van der Waals surface area contributed by atoms with Gasteiger partial charge in [0, 0.05) is 19.4 Å². The third-order valence-electron chi connectivity index (χ3n) is 2.66. The predicted molar refractivity (Wildman–Crippen MR) is 69.3 cm³/mol. The number of aryl methyl sites for hydroxylation is 1. The van der Waals surface area contributed by atoms with Crippen molar-refractivity contribution in [2.45, 2.75) is 26.2 Å². The van der Waals surface area contributed by atoms with Crippen LogP contribution in [-0.4, -0.2) is 19.6 Å². The van der Waals surface area contributed by atoms with E-state index in [0.717, 1.165) is 23.3 Å². The van der Waals surface area contributed by atoms with Gasteiger partial charge in [-0.05, 0) is 30.5 Å². The van der Waals surface area contributed by atoms with E-state index >= 15 is 0 Å². The van der Waals surface area contributed by atoms with E-state index in [1.807, 2.05) is 25.1 Å². The van der Waals surface area contributed by atoms with E-state index in [9.17, 15) is 4.79 Å². The molecule has 0 aliphatic carbocycles. The zero-order chi connectivity index (χ0) is 13.4. The number of nitrogens with zero attached hydrogens (tertiary/aromatic N) is 1. The molecule has 0 saturated carbocycles. The highest BCUT2D eigenvalue weighted by molar-refractivity contribution is 5.76. The van der Waals surface area contributed by atoms with Gasteiger partial charge in [-0.3, -0.25) is 4.79 Å². The number of methoxy groups -OCH3 is 1. The summed E-state index contributed by atoms with van der Waals surface area (Å²) in [6.07, 6.45) is 1.33. The van der Waals surface area contributed by atoms with Gasteiger partial charge in [-0.2, -0.15) is 5.26 Å². The van der Waals surface area contributed by atoms with Crippen LogP contribution in [0.3, 0.4) is 0 Å². The minimum Gasteiger partial charge on any atom is -0.496 e. The van der Waals surface area contributed by atoms with Crippen molar-refractivity contribution in [1.29, 1.82) is 5.26 Å². The Hall–Kier alpha value is -2.02. The van der Waals surface area contributed by atoms with E-state index in [1.54, 1.807) is 7.11 Å². The number of nitrogens with one attached hydrogen (secondary N) is 1. The molecule has 0 atom stereocenters. The SMILES string of the molecule is COc1ccc(CCNC(=O)CCC#N)cc1C. The number of ether oxygens (including phenoxy) is 1. The Morgan fingerprint density at radius 1 is 1.50 bits per heavy atom. The maximum absolute atomic E-state index is 11.3. The van der Waals surface area contributed by atoms with Gasteiger partial charge in [0.2, 0.25) is 5.91 Å². The molecule has 0 fully saturated rings. The highest BCUT2D eigenvalue weighted by Gasteiger charge is 2.02. The molecule has 0 radical (unpaired) electrons. The highest BCUT2D eigenvalue weighted by Crippen LogP contribution is 2.18. The van der Waals surface area contributed by atoms with E-state index in [4.69, 9.17) is 10.00 Å². The van der Waals surface area contributed by atoms with Crippen molar-refractivity contribution in [3.8, 4) is 11.8 Å². The van der Waals surface area contributed by atoms with E-state index in [2.05, 4.69) is 11.4 Å². The average Bonchev–Trinajstić information content (AvgIpc) is 2.36. The molecule has 0 aliphatic heterocycles. The third kappa shape index (κ3) is 4.46. The van der Waals surface area contributed by atoms with Gasteiger partial charge in [-0.15, -0.1) is 0 Å². The molecule has 0 heterocycles. The van der Waals surface area contributed by atoms with Gasteiger partial charge >= 0.3 is 0 Å². The summed E-state index contributed by atoms with van der Waals surface area (Å²) in [7, 11) is 1.65. The molecule has 4 heteroatoms. The molecule has 0 aromatic heterocycles. The fourth-order valence-electron chi connectivity index (χ4n) is 1.70. The standard InChI is InChI=1S/C14H18N2O2/c1-11-10-12(5-6-13(11)18-2)7-9-16-14(17)4-3-8-15/h5-6,10H,3-4,7,9H2,1-2H3,(H,16,17). The number of benzene rings is 1. The predicted octanol–water partition coefficient (Wildman–Crippen LogP) is 1.97. The Morgan fingerprint density at radius 3 is 2.89 bits per heavy atom. The Labute approximate surface area is 108 Å². The minimum absolute atomic E-state index is 0.0678. The van der Waals surface area contributed by atoms with E-state index in [-0.39, 0.29) is 18.7 Å². The maximum atomic E-state index is 11.3. The monoisotopic (exact) mass is 246 g/mol. The lowest BCUT2D eigenvalue weighted by Gasteiger charge is -2.08. The number of rotatable bonds is 6. The summed E-state index contributed by atoms with van der Waals surface area (Å²) in [6, 6.07) is 7.93. The first-order valence-electron chi connectivity index (χ1n) is 5.94. The zero-order valence-corrected chi connectivity index (χ0v) is 10.8. The second-order valence-electron chi connectivity index (χ2n) is 4.06. The molecule has 4 nitrogen and oxygen atoms in total. The Balaban J connectivity index is 2.38. The van der Waals surface area contributed by atoms with Gasteiger partial charge in [-0.25, -0.2) is 0 Å². The van der Waals surface area contributed by atoms with E-state index in [0.29, 0.717) is 6.54 Å². The summed E-state index contributed by atoms with van der Waals surface area (Å²) in [6.45, 7) is 2.59. The van der Waals surface area contributed by atoms with Crippen LogP contribution in [-0.2, 0) is 11.2 Å². The van der Waals surface area contributed by atoms with Crippen molar-refractivity contribution in [1.82, 2.24) is 5.32 Å². The van der Waals surface area contributed by atoms with E-state index in [1.165, 1.54) is 0 Å². The third-order valence-corrected chi connectivity index (χ3v) is 2.66. The molecule has 0 spiro atoms. The number of hydrogen-bond donors (Lipinski definition) is 1. The number of hydrogen-bond acceptors (Lipinski definition) is 3. The Bertz CT molecular complexity index is 450. The van der Waals surface area contributed by atoms with Crippen LogP contribution >= 0.6 is 0 Å². The van der Waals surface area contributed by atoms with Crippen molar-refractivity contribution in [2.75, 3.05) is 13.7 Å². The van der Waals surface area contributed by atoms with Crippen LogP contribution in [0.15, 0.2) is 18.2 Å². The fourth-order valence-corrected chi connectivity index (χ4v) is 1.70. The highest BCUT2D eigenvalue weighted by atomic mass is 16.5. The quantitative estimate of drug-likeness (QED) is 0.834. The Kier molecular flexibility index (Phi) is 5.72. The molecule has 0 aliphatic rings. The normalized spacial score (nSPS) is 9.61. The topological polar surface area (TPSA) is 62.1 Å². The lowest BCUT2D eigenvalue weighted by molar-refractivity contribution is -0.120. The number of amides is 1. The van der Waals surface area contributed by atoms with Gasteiger partial charge < -0.3 is 10.1 Å². The maximum Gasteiger partial charge on any atom is 0.221 e. The first-order chi connectivity index (χ1) is 8.67. The van der Waals surface area contributed by atoms with Gasteiger partial charge in [0.1, 0.15) is 5.75 Å². The summed E-state index contributed by atoms with van der Waals surface area (Å²) >= 11 is 0. The second kappa shape index (κ2) is 7.33. The van der Waals surface area contributed by atoms with Gasteiger partial charge in [0.15, 0.2) is 0 Å². The fraction of sp³-hybridized carbons (Fsp3) is 0.429. The second-order valence-corrected chi connectivity index (χ2v) is 4.06.